The SMILES string of the molecule is CC(C)C[C@@H]1CO[C@@](C)(c2ccc(N)cc2N)O1. The van der Waals surface area contributed by atoms with Crippen molar-refractivity contribution >= 4 is 11.4 Å². The van der Waals surface area contributed by atoms with Gasteiger partial charge in [-0.05, 0) is 37.5 Å². The molecule has 1 saturated heterocycles. The Bertz CT molecular complexity index is 434. The lowest BCUT2D eigenvalue weighted by molar-refractivity contribution is -0.162. The average Bonchev–Trinajstić information content (AvgIpc) is 2.59. The van der Waals surface area contributed by atoms with Gasteiger partial charge >= 0.3 is 0 Å². The molecule has 18 heavy (non-hydrogen) atoms. The molecular weight excluding hydrogens is 228 g/mol. The highest BCUT2D eigenvalue weighted by Gasteiger charge is 2.40. The molecule has 0 amide bonds. The second kappa shape index (κ2) is 4.78. The number of anilines is 2. The van der Waals surface area contributed by atoms with Crippen molar-refractivity contribution in [3.63, 3.8) is 0 Å². The van der Waals surface area contributed by atoms with Gasteiger partial charge in [-0.2, -0.15) is 0 Å². The predicted molar refractivity (Wildman–Crippen MR) is 72.9 cm³/mol. The lowest BCUT2D eigenvalue weighted by Gasteiger charge is -2.25. The van der Waals surface area contributed by atoms with Crippen LogP contribution in [0.3, 0.4) is 0 Å². The Balaban J connectivity index is 2.17. The molecule has 0 spiro atoms. The third-order valence-electron chi connectivity index (χ3n) is 3.24. The van der Waals surface area contributed by atoms with Crippen molar-refractivity contribution in [1.29, 1.82) is 0 Å². The minimum Gasteiger partial charge on any atom is -0.399 e. The van der Waals surface area contributed by atoms with E-state index < -0.39 is 5.79 Å². The van der Waals surface area contributed by atoms with Crippen LogP contribution in [0.2, 0.25) is 0 Å². The summed E-state index contributed by atoms with van der Waals surface area (Å²) >= 11 is 0. The molecule has 1 aromatic carbocycles. The normalized spacial score (nSPS) is 27.9. The molecule has 1 aromatic rings. The summed E-state index contributed by atoms with van der Waals surface area (Å²) in [5.74, 6) is -0.165. The summed E-state index contributed by atoms with van der Waals surface area (Å²) in [6, 6.07) is 5.44. The Labute approximate surface area is 108 Å². The second-order valence-electron chi connectivity index (χ2n) is 5.47. The highest BCUT2D eigenvalue weighted by Crippen LogP contribution is 2.38. The fourth-order valence-corrected chi connectivity index (χ4v) is 2.42. The maximum atomic E-state index is 6.02. The molecule has 0 bridgehead atoms. The number of hydrogen-bond donors (Lipinski definition) is 2. The summed E-state index contributed by atoms with van der Waals surface area (Å²) in [7, 11) is 0. The third kappa shape index (κ3) is 2.60. The lowest BCUT2D eigenvalue weighted by atomic mass is 10.0. The van der Waals surface area contributed by atoms with Crippen LogP contribution in [0, 0.1) is 5.92 Å². The van der Waals surface area contributed by atoms with Crippen LogP contribution in [0.5, 0.6) is 0 Å². The first kappa shape index (κ1) is 13.2. The van der Waals surface area contributed by atoms with Gasteiger partial charge in [0.1, 0.15) is 0 Å². The molecule has 0 unspecified atom stereocenters. The van der Waals surface area contributed by atoms with E-state index in [1.807, 2.05) is 19.1 Å². The minimum atomic E-state index is -0.753. The van der Waals surface area contributed by atoms with Crippen molar-refractivity contribution in [2.24, 2.45) is 5.92 Å². The zero-order valence-corrected chi connectivity index (χ0v) is 11.3. The van der Waals surface area contributed by atoms with Crippen LogP contribution in [0.4, 0.5) is 11.4 Å². The van der Waals surface area contributed by atoms with Gasteiger partial charge in [-0.3, -0.25) is 0 Å². The Kier molecular flexibility index (Phi) is 3.50. The molecule has 0 radical (unpaired) electrons. The van der Waals surface area contributed by atoms with Gasteiger partial charge in [0.05, 0.1) is 12.7 Å². The minimum absolute atomic E-state index is 0.131. The fourth-order valence-electron chi connectivity index (χ4n) is 2.42. The molecule has 1 heterocycles. The van der Waals surface area contributed by atoms with Crippen molar-refractivity contribution in [3.05, 3.63) is 23.8 Å². The molecule has 1 aliphatic heterocycles. The van der Waals surface area contributed by atoms with Crippen molar-refractivity contribution in [2.45, 2.75) is 39.1 Å². The van der Waals surface area contributed by atoms with E-state index in [4.69, 9.17) is 20.9 Å². The Morgan fingerprint density at radius 2 is 2.11 bits per heavy atom. The molecule has 0 aromatic heterocycles. The first-order valence-electron chi connectivity index (χ1n) is 6.38. The second-order valence-corrected chi connectivity index (χ2v) is 5.47. The zero-order valence-electron chi connectivity index (χ0n) is 11.3. The van der Waals surface area contributed by atoms with Crippen LogP contribution >= 0.6 is 0 Å². The van der Waals surface area contributed by atoms with Crippen molar-refractivity contribution in [1.82, 2.24) is 0 Å². The first-order chi connectivity index (χ1) is 8.40. The number of nitrogen functional groups attached to an aromatic ring is 2. The highest BCUT2D eigenvalue weighted by molar-refractivity contribution is 5.58. The van der Waals surface area contributed by atoms with E-state index in [0.29, 0.717) is 23.9 Å². The summed E-state index contributed by atoms with van der Waals surface area (Å²) in [6.07, 6.45) is 1.12. The quantitative estimate of drug-likeness (QED) is 0.808. The molecule has 0 aliphatic carbocycles. The van der Waals surface area contributed by atoms with Crippen LogP contribution in [-0.2, 0) is 15.3 Å². The van der Waals surface area contributed by atoms with Crippen LogP contribution in [0.25, 0.3) is 0 Å². The molecule has 100 valence electrons. The molecule has 4 nitrogen and oxygen atoms in total. The van der Waals surface area contributed by atoms with E-state index in [9.17, 15) is 0 Å². The van der Waals surface area contributed by atoms with Crippen molar-refractivity contribution in [2.75, 3.05) is 18.1 Å². The Morgan fingerprint density at radius 1 is 1.39 bits per heavy atom. The molecule has 4 heteroatoms. The van der Waals surface area contributed by atoms with E-state index in [1.165, 1.54) is 0 Å². The molecule has 4 N–H and O–H groups in total. The van der Waals surface area contributed by atoms with Gasteiger partial charge in [0.15, 0.2) is 5.79 Å². The fraction of sp³-hybridized carbons (Fsp3) is 0.571. The van der Waals surface area contributed by atoms with Gasteiger partial charge in [-0.1, -0.05) is 13.8 Å². The lowest BCUT2D eigenvalue weighted by Crippen LogP contribution is -2.25. The summed E-state index contributed by atoms with van der Waals surface area (Å²) in [6.45, 7) is 6.88. The van der Waals surface area contributed by atoms with Crippen LogP contribution < -0.4 is 11.5 Å². The molecular formula is C14H22N2O2. The smallest absolute Gasteiger partial charge is 0.194 e. The average molecular weight is 250 g/mol. The summed E-state index contributed by atoms with van der Waals surface area (Å²) in [4.78, 5) is 0. The van der Waals surface area contributed by atoms with Gasteiger partial charge in [-0.15, -0.1) is 0 Å². The Morgan fingerprint density at radius 3 is 2.72 bits per heavy atom. The number of ether oxygens (including phenoxy) is 2. The number of nitrogens with two attached hydrogens (primary N) is 2. The number of hydrogen-bond acceptors (Lipinski definition) is 4. The maximum Gasteiger partial charge on any atom is 0.194 e. The van der Waals surface area contributed by atoms with E-state index in [-0.39, 0.29) is 6.10 Å². The summed E-state index contributed by atoms with van der Waals surface area (Å²) in [5, 5.41) is 0. The zero-order chi connectivity index (χ0) is 13.3. The molecule has 1 aliphatic rings. The van der Waals surface area contributed by atoms with Crippen molar-refractivity contribution < 1.29 is 9.47 Å². The standard InChI is InChI=1S/C14H22N2O2/c1-9(2)6-11-8-17-14(3,18-11)12-5-4-10(15)7-13(12)16/h4-5,7,9,11H,6,8,15-16H2,1-3H3/t11-,14-/m1/s1. The van der Waals surface area contributed by atoms with Gasteiger partial charge in [0.2, 0.25) is 0 Å². The van der Waals surface area contributed by atoms with E-state index >= 15 is 0 Å². The Hall–Kier alpha value is -1.26. The van der Waals surface area contributed by atoms with Gasteiger partial charge in [0, 0.05) is 16.9 Å². The number of rotatable bonds is 3. The van der Waals surface area contributed by atoms with Gasteiger partial charge in [-0.25, -0.2) is 0 Å². The van der Waals surface area contributed by atoms with E-state index in [1.54, 1.807) is 6.07 Å². The van der Waals surface area contributed by atoms with Crippen LogP contribution in [0.15, 0.2) is 18.2 Å². The molecule has 2 rings (SSSR count). The van der Waals surface area contributed by atoms with Crippen LogP contribution in [-0.4, -0.2) is 12.7 Å². The molecule has 2 atom stereocenters. The van der Waals surface area contributed by atoms with E-state index in [2.05, 4.69) is 13.8 Å². The topological polar surface area (TPSA) is 70.5 Å². The summed E-state index contributed by atoms with van der Waals surface area (Å²) in [5.41, 5.74) is 13.8. The number of benzene rings is 1. The third-order valence-corrected chi connectivity index (χ3v) is 3.24. The van der Waals surface area contributed by atoms with E-state index in [0.717, 1.165) is 12.0 Å². The van der Waals surface area contributed by atoms with Crippen molar-refractivity contribution in [3.8, 4) is 0 Å². The van der Waals surface area contributed by atoms with Gasteiger partial charge < -0.3 is 20.9 Å². The molecule has 1 fully saturated rings. The highest BCUT2D eigenvalue weighted by atomic mass is 16.7. The predicted octanol–water partition coefficient (Wildman–Crippen LogP) is 2.49. The summed E-state index contributed by atoms with van der Waals surface area (Å²) < 4.78 is 11.8. The molecule has 0 saturated carbocycles. The van der Waals surface area contributed by atoms with Gasteiger partial charge in [0.25, 0.3) is 0 Å². The largest absolute Gasteiger partial charge is 0.399 e. The monoisotopic (exact) mass is 250 g/mol. The maximum absolute atomic E-state index is 6.02. The first-order valence-corrected chi connectivity index (χ1v) is 6.38. The van der Waals surface area contributed by atoms with Crippen LogP contribution in [0.1, 0.15) is 32.8 Å².